The molecule has 16 heteroatoms. The minimum atomic E-state index is -6.42. The second kappa shape index (κ2) is 9.76. The Morgan fingerprint density at radius 2 is 1.68 bits per heavy atom. The van der Waals surface area contributed by atoms with Crippen molar-refractivity contribution in [2.45, 2.75) is 24.5 Å². The number of halogens is 4. The number of hydrogen-bond acceptors (Lipinski definition) is 9. The van der Waals surface area contributed by atoms with Gasteiger partial charge in [0, 0.05) is 17.7 Å². The predicted octanol–water partition coefficient (Wildman–Crippen LogP) is 1.12. The van der Waals surface area contributed by atoms with Gasteiger partial charge in [-0.2, -0.15) is 26.0 Å². The van der Waals surface area contributed by atoms with Crippen molar-refractivity contribution >= 4 is 22.2 Å². The quantitative estimate of drug-likeness (QED) is 0.184. The summed E-state index contributed by atoms with van der Waals surface area (Å²) in [5, 5.41) is 14.5. The molecule has 0 spiro atoms. The fourth-order valence-electron chi connectivity index (χ4n) is 1.69. The van der Waals surface area contributed by atoms with E-state index < -0.39 is 62.9 Å². The standard InChI is InChI=1S/C15H18F4N2O9S/c1-9(2)12(24)28-8-6-20-13(25)29-7-5-14(16,17)15(18,19)31(26,27)30-21-10(22)3-4-11(21)23/h3-4,22-23H,1,5-8H2,2H3,(H,20,25). The normalized spacial score (nSPS) is 12.2. The molecule has 0 atom stereocenters. The van der Waals surface area contributed by atoms with Crippen LogP contribution in [0.4, 0.5) is 22.4 Å². The minimum Gasteiger partial charge on any atom is -0.492 e. The first-order valence-electron chi connectivity index (χ1n) is 8.15. The lowest BCUT2D eigenvalue weighted by Crippen LogP contribution is -2.50. The van der Waals surface area contributed by atoms with Gasteiger partial charge in [0.25, 0.3) is 0 Å². The number of nitrogens with zero attached hydrogens (tertiary/aromatic N) is 1. The topological polar surface area (TPSA) is 153 Å². The molecule has 1 amide bonds. The Morgan fingerprint density at radius 1 is 1.13 bits per heavy atom. The Morgan fingerprint density at radius 3 is 2.19 bits per heavy atom. The number of aromatic hydroxyl groups is 2. The summed E-state index contributed by atoms with van der Waals surface area (Å²) < 4.78 is 90.7. The maximum Gasteiger partial charge on any atom is 0.444 e. The van der Waals surface area contributed by atoms with Crippen molar-refractivity contribution in [2.24, 2.45) is 0 Å². The summed E-state index contributed by atoms with van der Waals surface area (Å²) in [4.78, 5) is 22.4. The van der Waals surface area contributed by atoms with Crippen molar-refractivity contribution in [1.29, 1.82) is 0 Å². The molecule has 0 aliphatic heterocycles. The summed E-state index contributed by atoms with van der Waals surface area (Å²) in [5.74, 6) is -8.34. The van der Waals surface area contributed by atoms with Crippen LogP contribution in [0.2, 0.25) is 0 Å². The predicted molar refractivity (Wildman–Crippen MR) is 92.9 cm³/mol. The number of carbonyl (C=O) groups is 2. The van der Waals surface area contributed by atoms with Gasteiger partial charge in [0.05, 0.1) is 19.6 Å². The molecule has 0 radical (unpaired) electrons. The van der Waals surface area contributed by atoms with Crippen molar-refractivity contribution in [1.82, 2.24) is 10.0 Å². The summed E-state index contributed by atoms with van der Waals surface area (Å²) in [7, 11) is -6.42. The van der Waals surface area contributed by atoms with Crippen molar-refractivity contribution in [3.63, 3.8) is 0 Å². The van der Waals surface area contributed by atoms with Crippen LogP contribution in [0.25, 0.3) is 0 Å². The summed E-state index contributed by atoms with van der Waals surface area (Å²) in [6.45, 7) is 2.74. The molecular formula is C15H18F4N2O9S. The molecule has 31 heavy (non-hydrogen) atoms. The Kier molecular flexibility index (Phi) is 8.14. The van der Waals surface area contributed by atoms with E-state index in [1.807, 2.05) is 5.32 Å². The summed E-state index contributed by atoms with van der Waals surface area (Å²) >= 11 is 0. The van der Waals surface area contributed by atoms with Crippen molar-refractivity contribution in [2.75, 3.05) is 19.8 Å². The monoisotopic (exact) mass is 478 g/mol. The number of esters is 1. The van der Waals surface area contributed by atoms with E-state index in [0.29, 0.717) is 12.1 Å². The van der Waals surface area contributed by atoms with Gasteiger partial charge in [0.1, 0.15) is 6.61 Å². The van der Waals surface area contributed by atoms with E-state index in [1.54, 1.807) is 0 Å². The summed E-state index contributed by atoms with van der Waals surface area (Å²) in [6, 6.07) is 1.29. The molecule has 0 bridgehead atoms. The summed E-state index contributed by atoms with van der Waals surface area (Å²) in [6.07, 6.45) is -3.25. The highest BCUT2D eigenvalue weighted by atomic mass is 32.2. The van der Waals surface area contributed by atoms with Gasteiger partial charge in [-0.15, -0.1) is 0 Å². The highest BCUT2D eigenvalue weighted by Crippen LogP contribution is 2.41. The fourth-order valence-corrected chi connectivity index (χ4v) is 2.60. The second-order valence-electron chi connectivity index (χ2n) is 5.82. The van der Waals surface area contributed by atoms with E-state index in [1.165, 1.54) is 6.92 Å². The number of nitrogens with one attached hydrogen (secondary N) is 1. The zero-order valence-corrected chi connectivity index (χ0v) is 16.6. The van der Waals surface area contributed by atoms with E-state index >= 15 is 0 Å². The van der Waals surface area contributed by atoms with Gasteiger partial charge in [-0.05, 0) is 6.92 Å². The molecule has 1 aromatic rings. The van der Waals surface area contributed by atoms with E-state index in [9.17, 15) is 45.8 Å². The maximum atomic E-state index is 13.9. The van der Waals surface area contributed by atoms with Gasteiger partial charge in [0.15, 0.2) is 0 Å². The molecule has 3 N–H and O–H groups in total. The smallest absolute Gasteiger partial charge is 0.444 e. The number of ether oxygens (including phenoxy) is 2. The van der Waals surface area contributed by atoms with Crippen LogP contribution in [-0.4, -0.2) is 66.4 Å². The molecule has 0 saturated heterocycles. The van der Waals surface area contributed by atoms with E-state index in [2.05, 4.69) is 20.3 Å². The summed E-state index contributed by atoms with van der Waals surface area (Å²) in [5.41, 5.74) is 0.0897. The molecule has 1 rings (SSSR count). The first-order chi connectivity index (χ1) is 14.1. The van der Waals surface area contributed by atoms with Crippen LogP contribution in [0.15, 0.2) is 24.3 Å². The lowest BCUT2D eigenvalue weighted by molar-refractivity contribution is -0.169. The van der Waals surface area contributed by atoms with Crippen molar-refractivity contribution < 1.29 is 59.5 Å². The number of rotatable bonds is 11. The van der Waals surface area contributed by atoms with Crippen LogP contribution in [0.1, 0.15) is 13.3 Å². The molecule has 1 aromatic heterocycles. The lowest BCUT2D eigenvalue weighted by atomic mass is 10.2. The van der Waals surface area contributed by atoms with Crippen LogP contribution >= 0.6 is 0 Å². The third-order valence-corrected chi connectivity index (χ3v) is 4.58. The average molecular weight is 478 g/mol. The Hall–Kier alpha value is -3.17. The largest absolute Gasteiger partial charge is 0.492 e. The molecule has 1 heterocycles. The molecule has 0 fully saturated rings. The van der Waals surface area contributed by atoms with E-state index in [-0.39, 0.29) is 18.7 Å². The highest BCUT2D eigenvalue weighted by Gasteiger charge is 2.67. The Balaban J connectivity index is 2.60. The Labute approximate surface area is 172 Å². The molecule has 0 aliphatic carbocycles. The van der Waals surface area contributed by atoms with Gasteiger partial charge in [0.2, 0.25) is 11.8 Å². The zero-order valence-electron chi connectivity index (χ0n) is 15.8. The van der Waals surface area contributed by atoms with Crippen LogP contribution in [-0.2, 0) is 24.4 Å². The number of amides is 1. The van der Waals surface area contributed by atoms with Gasteiger partial charge < -0.3 is 25.0 Å². The SMILES string of the molecule is C=C(C)C(=O)OCCNC(=O)OCCC(F)(F)C(F)(F)S(=O)(=O)On1c(O)ccc1O. The molecule has 176 valence electrons. The number of carbonyl (C=O) groups excluding carboxylic acids is 2. The zero-order chi connectivity index (χ0) is 24.0. The first kappa shape index (κ1) is 25.9. The first-order valence-corrected chi connectivity index (χ1v) is 9.56. The van der Waals surface area contributed by atoms with Crippen LogP contribution in [0.5, 0.6) is 11.8 Å². The van der Waals surface area contributed by atoms with Gasteiger partial charge in [-0.3, -0.25) is 4.28 Å². The molecule has 0 aliphatic rings. The highest BCUT2D eigenvalue weighted by molar-refractivity contribution is 7.88. The second-order valence-corrected chi connectivity index (χ2v) is 7.39. The minimum absolute atomic E-state index is 0.0897. The molecular weight excluding hydrogens is 460 g/mol. The number of alkyl halides is 4. The Bertz CT molecular complexity index is 911. The molecule has 0 saturated carbocycles. The number of hydrogen-bond donors (Lipinski definition) is 3. The van der Waals surface area contributed by atoms with E-state index in [0.717, 1.165) is 0 Å². The maximum absolute atomic E-state index is 13.9. The molecule has 0 aromatic carbocycles. The number of alkyl carbamates (subject to hydrolysis) is 1. The lowest BCUT2D eigenvalue weighted by Gasteiger charge is -2.25. The van der Waals surface area contributed by atoms with Crippen LogP contribution < -0.4 is 9.60 Å². The van der Waals surface area contributed by atoms with Gasteiger partial charge in [-0.25, -0.2) is 9.59 Å². The third-order valence-electron chi connectivity index (χ3n) is 3.31. The van der Waals surface area contributed by atoms with Crippen molar-refractivity contribution in [3.05, 3.63) is 24.3 Å². The fraction of sp³-hybridized carbons (Fsp3) is 0.467. The van der Waals surface area contributed by atoms with Crippen molar-refractivity contribution in [3.8, 4) is 11.8 Å². The van der Waals surface area contributed by atoms with E-state index in [4.69, 9.17) is 0 Å². The third kappa shape index (κ3) is 6.40. The van der Waals surface area contributed by atoms with Crippen LogP contribution in [0, 0.1) is 0 Å². The molecule has 0 unspecified atom stereocenters. The average Bonchev–Trinajstić information content (AvgIpc) is 2.96. The van der Waals surface area contributed by atoms with Gasteiger partial charge >= 0.3 is 33.4 Å². The number of aromatic nitrogens is 1. The molecule has 11 nitrogen and oxygen atoms in total. The van der Waals surface area contributed by atoms with Crippen LogP contribution in [0.3, 0.4) is 0 Å². The van der Waals surface area contributed by atoms with Gasteiger partial charge in [-0.1, -0.05) is 11.3 Å².